The summed E-state index contributed by atoms with van der Waals surface area (Å²) in [6.45, 7) is 3.11. The molecule has 3 aliphatic heterocycles. The molecule has 1 aliphatic carbocycles. The van der Waals surface area contributed by atoms with E-state index in [0.717, 1.165) is 51.9 Å². The van der Waals surface area contributed by atoms with Gasteiger partial charge in [0.25, 0.3) is 0 Å². The van der Waals surface area contributed by atoms with Crippen molar-refractivity contribution >= 4 is 23.4 Å². The number of alkyl halides is 3. The van der Waals surface area contributed by atoms with Crippen LogP contribution in [0, 0.1) is 17.8 Å². The fraction of sp³-hybridized carbons (Fsp3) is 0.935. The number of aliphatic hydroxyl groups excluding tert-OH is 5. The Hall–Kier alpha value is -1.27. The highest BCUT2D eigenvalue weighted by molar-refractivity contribution is 6.21. The number of piperidine rings is 1. The Kier molecular flexibility index (Phi) is 15.3. The first-order chi connectivity index (χ1) is 22.5. The number of rotatable bonds is 15. The van der Waals surface area contributed by atoms with Crippen LogP contribution >= 0.6 is 11.6 Å². The van der Waals surface area contributed by atoms with Crippen molar-refractivity contribution in [1.29, 1.82) is 0 Å². The number of halogens is 3. The molecule has 3 heterocycles. The predicted octanol–water partition coefficient (Wildman–Crippen LogP) is -1.18. The molecule has 4 aliphatic rings. The van der Waals surface area contributed by atoms with Gasteiger partial charge in [-0.3, -0.25) is 25.1 Å². The minimum Gasteiger partial charge on any atom is -0.394 e. The van der Waals surface area contributed by atoms with E-state index in [9.17, 15) is 30.0 Å². The molecule has 3 saturated heterocycles. The molecule has 0 bridgehead atoms. The molecule has 2 unspecified atom stereocenters. The van der Waals surface area contributed by atoms with Crippen molar-refractivity contribution in [2.45, 2.75) is 106 Å². The lowest BCUT2D eigenvalue weighted by atomic mass is 9.81. The zero-order valence-electron chi connectivity index (χ0n) is 26.9. The molecule has 0 aromatic carbocycles. The van der Waals surface area contributed by atoms with E-state index < -0.39 is 79.7 Å². The third-order valence-electron chi connectivity index (χ3n) is 10.2. The highest BCUT2D eigenvalue weighted by Crippen LogP contribution is 2.35. The van der Waals surface area contributed by atoms with Crippen LogP contribution in [0.1, 0.15) is 51.4 Å². The first-order valence-electron chi connectivity index (χ1n) is 17.1. The third kappa shape index (κ3) is 11.1. The third-order valence-corrected chi connectivity index (χ3v) is 10.5. The van der Waals surface area contributed by atoms with E-state index in [0.29, 0.717) is 18.9 Å². The highest BCUT2D eigenvalue weighted by atomic mass is 35.5. The second-order valence-corrected chi connectivity index (χ2v) is 14.3. The molecular formula is C31H54ClF2N5O8. The smallest absolute Gasteiger partial charge is 0.225 e. The first kappa shape index (κ1) is 38.5. The van der Waals surface area contributed by atoms with Crippen molar-refractivity contribution in [3.05, 3.63) is 0 Å². The maximum Gasteiger partial charge on any atom is 0.225 e. The Morgan fingerprint density at radius 3 is 2.23 bits per heavy atom. The largest absolute Gasteiger partial charge is 0.394 e. The lowest BCUT2D eigenvalue weighted by molar-refractivity contribution is -0.135. The van der Waals surface area contributed by atoms with Crippen molar-refractivity contribution in [2.24, 2.45) is 17.8 Å². The Balaban J connectivity index is 1.09. The summed E-state index contributed by atoms with van der Waals surface area (Å²) in [7, 11) is 0. The number of aliphatic hydroxyl groups is 5. The first-order valence-corrected chi connectivity index (χ1v) is 17.5. The van der Waals surface area contributed by atoms with E-state index in [4.69, 9.17) is 21.4 Å². The van der Waals surface area contributed by atoms with Gasteiger partial charge in [0.2, 0.25) is 11.8 Å². The monoisotopic (exact) mass is 697 g/mol. The van der Waals surface area contributed by atoms with Crippen molar-refractivity contribution < 1.29 is 48.6 Å². The van der Waals surface area contributed by atoms with E-state index >= 15 is 8.78 Å². The van der Waals surface area contributed by atoms with E-state index in [2.05, 4.69) is 20.9 Å². The SMILES string of the molecule is O=C(NC[C@H](O)[C@@H](O)[C@H](O)[C@H](O)CO)[C@H]1CCN(C(=O)CC2C(F)CC(OCCCC3CCN(C4NCC(Cl)CN4)CC3)CC2F)C1. The summed E-state index contributed by atoms with van der Waals surface area (Å²) in [5, 5.41) is 57.3. The lowest BCUT2D eigenvalue weighted by Gasteiger charge is -2.41. The van der Waals surface area contributed by atoms with Gasteiger partial charge in [-0.1, -0.05) is 0 Å². The number of ether oxygens (including phenoxy) is 1. The van der Waals surface area contributed by atoms with E-state index in [1.54, 1.807) is 0 Å². The number of nitrogens with one attached hydrogen (secondary N) is 3. The van der Waals surface area contributed by atoms with Crippen LogP contribution in [0.25, 0.3) is 0 Å². The normalized spacial score (nSPS) is 33.7. The summed E-state index contributed by atoms with van der Waals surface area (Å²) in [4.78, 5) is 29.3. The van der Waals surface area contributed by atoms with Gasteiger partial charge in [-0.05, 0) is 38.0 Å². The average molecular weight is 698 g/mol. The summed E-state index contributed by atoms with van der Waals surface area (Å²) in [6, 6.07) is 0. The van der Waals surface area contributed by atoms with Crippen LogP contribution < -0.4 is 16.0 Å². The molecule has 7 atom stereocenters. The molecule has 0 spiro atoms. The van der Waals surface area contributed by atoms with Crippen LogP contribution in [0.2, 0.25) is 0 Å². The fourth-order valence-electron chi connectivity index (χ4n) is 7.13. The molecular weight excluding hydrogens is 644 g/mol. The average Bonchev–Trinajstić information content (AvgIpc) is 3.57. The molecule has 47 heavy (non-hydrogen) atoms. The number of carbonyl (C=O) groups excluding carboxylic acids is 2. The molecule has 16 heteroatoms. The fourth-order valence-corrected chi connectivity index (χ4v) is 7.31. The zero-order chi connectivity index (χ0) is 34.1. The van der Waals surface area contributed by atoms with Gasteiger partial charge in [-0.2, -0.15) is 0 Å². The van der Waals surface area contributed by atoms with Gasteiger partial charge in [0.05, 0.1) is 30.1 Å². The van der Waals surface area contributed by atoms with Crippen molar-refractivity contribution in [3.63, 3.8) is 0 Å². The van der Waals surface area contributed by atoms with Crippen molar-refractivity contribution in [3.8, 4) is 0 Å². The van der Waals surface area contributed by atoms with Gasteiger partial charge in [0.1, 0.15) is 36.9 Å². The Morgan fingerprint density at radius 1 is 0.957 bits per heavy atom. The van der Waals surface area contributed by atoms with E-state index in [-0.39, 0.29) is 44.0 Å². The summed E-state index contributed by atoms with van der Waals surface area (Å²) in [6.07, 6.45) is -6.09. The van der Waals surface area contributed by atoms with Crippen LogP contribution in [-0.2, 0) is 14.3 Å². The number of likely N-dealkylation sites (tertiary alicyclic amines) is 2. The zero-order valence-corrected chi connectivity index (χ0v) is 27.7. The van der Waals surface area contributed by atoms with Crippen LogP contribution in [0.4, 0.5) is 8.78 Å². The molecule has 4 fully saturated rings. The number of carbonyl (C=O) groups is 2. The predicted molar refractivity (Wildman–Crippen MR) is 169 cm³/mol. The van der Waals surface area contributed by atoms with Crippen LogP contribution in [0.3, 0.4) is 0 Å². The molecule has 272 valence electrons. The molecule has 0 aromatic rings. The topological polar surface area (TPSA) is 187 Å². The molecule has 1 saturated carbocycles. The summed E-state index contributed by atoms with van der Waals surface area (Å²) in [5.41, 5.74) is 0. The molecule has 2 amide bonds. The number of amides is 2. The molecule has 0 radical (unpaired) electrons. The molecule has 0 aromatic heterocycles. The Bertz CT molecular complexity index is 968. The van der Waals surface area contributed by atoms with Gasteiger partial charge in [0, 0.05) is 77.6 Å². The van der Waals surface area contributed by atoms with Gasteiger partial charge in [0.15, 0.2) is 0 Å². The maximum atomic E-state index is 15.1. The van der Waals surface area contributed by atoms with Crippen LogP contribution in [0.15, 0.2) is 0 Å². The van der Waals surface area contributed by atoms with Gasteiger partial charge in [-0.25, -0.2) is 8.78 Å². The van der Waals surface area contributed by atoms with E-state index in [1.165, 1.54) is 4.90 Å². The van der Waals surface area contributed by atoms with Gasteiger partial charge in [-0.15, -0.1) is 11.6 Å². The molecule has 13 nitrogen and oxygen atoms in total. The van der Waals surface area contributed by atoms with Crippen LogP contribution in [-0.4, -0.2) is 161 Å². The second kappa shape index (κ2) is 18.6. The highest BCUT2D eigenvalue weighted by Gasteiger charge is 2.42. The summed E-state index contributed by atoms with van der Waals surface area (Å²) < 4.78 is 36.1. The van der Waals surface area contributed by atoms with E-state index in [1.807, 2.05) is 0 Å². The number of hydrogen-bond donors (Lipinski definition) is 8. The van der Waals surface area contributed by atoms with Gasteiger partial charge < -0.3 is 40.5 Å². The number of hydrogen-bond acceptors (Lipinski definition) is 11. The maximum absolute atomic E-state index is 15.1. The lowest BCUT2D eigenvalue weighted by Crippen LogP contribution is -2.62. The minimum absolute atomic E-state index is 0.0462. The van der Waals surface area contributed by atoms with Gasteiger partial charge >= 0.3 is 0 Å². The summed E-state index contributed by atoms with van der Waals surface area (Å²) in [5.74, 6) is -1.98. The second-order valence-electron chi connectivity index (χ2n) is 13.7. The van der Waals surface area contributed by atoms with Crippen molar-refractivity contribution in [2.75, 3.05) is 59.0 Å². The number of nitrogens with zero attached hydrogens (tertiary/aromatic N) is 2. The summed E-state index contributed by atoms with van der Waals surface area (Å²) >= 11 is 6.14. The van der Waals surface area contributed by atoms with Crippen LogP contribution in [0.5, 0.6) is 0 Å². The molecule has 8 N–H and O–H groups in total. The minimum atomic E-state index is -1.81. The standard InChI is InChI=1S/C31H54ClF2N5O8/c32-20-13-36-31(37-14-20)38-6-3-18(4-7-38)2-1-9-47-21-10-23(33)22(24(34)11-21)12-27(43)39-8-5-19(16-39)30(46)35-15-25(41)28(44)29(45)26(42)17-40/h18-26,28-29,31,36-37,40-42,44-45H,1-17H2,(H,35,46)/t19-,20?,21?,22?,23?,24?,25-,26+,28+,29+,31?/m0/s1. The van der Waals surface area contributed by atoms with Crippen molar-refractivity contribution in [1.82, 2.24) is 25.8 Å². The Labute approximate surface area is 280 Å². The quantitative estimate of drug-likeness (QED) is 0.0761. The molecule has 4 rings (SSSR count). The Morgan fingerprint density at radius 2 is 1.60 bits per heavy atom.